The van der Waals surface area contributed by atoms with Gasteiger partial charge in [-0.3, -0.25) is 9.59 Å². The summed E-state index contributed by atoms with van der Waals surface area (Å²) in [5.74, 6) is 0.294. The summed E-state index contributed by atoms with van der Waals surface area (Å²) in [5, 5.41) is 3.57. The molecule has 0 fully saturated rings. The third-order valence-electron chi connectivity index (χ3n) is 4.48. The number of hydrogen-bond acceptors (Lipinski definition) is 3. The number of likely N-dealkylation sites (N-methyl/N-ethyl adjacent to an activating group) is 1. The number of halogens is 2. The van der Waals surface area contributed by atoms with E-state index >= 15 is 0 Å². The van der Waals surface area contributed by atoms with Gasteiger partial charge in [-0.05, 0) is 41.8 Å². The molecular weight excluding hydrogens is 399 g/mol. The number of amides is 2. The van der Waals surface area contributed by atoms with Crippen molar-refractivity contribution < 1.29 is 14.3 Å². The molecule has 0 aliphatic rings. The van der Waals surface area contributed by atoms with E-state index in [0.29, 0.717) is 27.8 Å². The Bertz CT molecular complexity index is 842. The Morgan fingerprint density at radius 3 is 2.54 bits per heavy atom. The molecule has 1 unspecified atom stereocenters. The Kier molecular flexibility index (Phi) is 8.15. The number of nitrogens with one attached hydrogen (secondary N) is 1. The minimum absolute atomic E-state index is 0.0769. The third kappa shape index (κ3) is 5.63. The van der Waals surface area contributed by atoms with Gasteiger partial charge in [0, 0.05) is 23.6 Å². The van der Waals surface area contributed by atoms with Crippen LogP contribution in [0, 0.1) is 0 Å². The highest BCUT2D eigenvalue weighted by Gasteiger charge is 2.28. The predicted octanol–water partition coefficient (Wildman–Crippen LogP) is 4.10. The van der Waals surface area contributed by atoms with Crippen molar-refractivity contribution in [3.63, 3.8) is 0 Å². The van der Waals surface area contributed by atoms with Crippen molar-refractivity contribution in [2.45, 2.75) is 32.4 Å². The van der Waals surface area contributed by atoms with E-state index in [4.69, 9.17) is 27.9 Å². The van der Waals surface area contributed by atoms with Crippen LogP contribution in [0.1, 0.15) is 24.5 Å². The molecule has 2 rings (SSSR count). The minimum Gasteiger partial charge on any atom is -0.497 e. The van der Waals surface area contributed by atoms with E-state index in [9.17, 15) is 9.59 Å². The highest BCUT2D eigenvalue weighted by molar-refractivity contribution is 6.35. The first-order chi connectivity index (χ1) is 13.4. The van der Waals surface area contributed by atoms with Gasteiger partial charge in [-0.1, -0.05) is 48.3 Å². The Morgan fingerprint density at radius 1 is 1.18 bits per heavy atom. The van der Waals surface area contributed by atoms with Crippen LogP contribution in [-0.4, -0.2) is 36.9 Å². The Morgan fingerprint density at radius 2 is 1.93 bits per heavy atom. The zero-order chi connectivity index (χ0) is 20.7. The maximum atomic E-state index is 13.2. The van der Waals surface area contributed by atoms with Crippen LogP contribution in [0.25, 0.3) is 0 Å². The molecule has 1 atom stereocenters. The molecule has 0 aliphatic carbocycles. The molecule has 2 amide bonds. The van der Waals surface area contributed by atoms with Gasteiger partial charge in [0.25, 0.3) is 0 Å². The van der Waals surface area contributed by atoms with E-state index in [1.165, 1.54) is 0 Å². The summed E-state index contributed by atoms with van der Waals surface area (Å²) in [6.45, 7) is 2.16. The first-order valence-corrected chi connectivity index (χ1v) is 9.73. The maximum absolute atomic E-state index is 13.2. The summed E-state index contributed by atoms with van der Waals surface area (Å²) in [7, 11) is 3.15. The van der Waals surface area contributed by atoms with Crippen LogP contribution in [0.4, 0.5) is 0 Å². The number of carbonyl (C=O) groups excluding carboxylic acids is 2. The van der Waals surface area contributed by atoms with Gasteiger partial charge >= 0.3 is 0 Å². The molecule has 1 N–H and O–H groups in total. The fourth-order valence-corrected chi connectivity index (χ4v) is 3.46. The first kappa shape index (κ1) is 22.1. The fourth-order valence-electron chi connectivity index (χ4n) is 2.98. The van der Waals surface area contributed by atoms with Crippen LogP contribution in [0.15, 0.2) is 42.5 Å². The van der Waals surface area contributed by atoms with Gasteiger partial charge in [-0.2, -0.15) is 0 Å². The summed E-state index contributed by atoms with van der Waals surface area (Å²) in [4.78, 5) is 27.1. The van der Waals surface area contributed by atoms with E-state index < -0.39 is 6.04 Å². The lowest BCUT2D eigenvalue weighted by Gasteiger charge is -2.30. The Balaban J connectivity index is 2.32. The molecule has 0 heterocycles. The smallest absolute Gasteiger partial charge is 0.242 e. The predicted molar refractivity (Wildman–Crippen MR) is 112 cm³/mol. The molecule has 2 aromatic carbocycles. The molecule has 28 heavy (non-hydrogen) atoms. The highest BCUT2D eigenvalue weighted by atomic mass is 35.5. The fraction of sp³-hybridized carbons (Fsp3) is 0.333. The second kappa shape index (κ2) is 10.3. The maximum Gasteiger partial charge on any atom is 0.242 e. The molecule has 2 aromatic rings. The molecule has 7 heteroatoms. The number of methoxy groups -OCH3 is 1. The van der Waals surface area contributed by atoms with Crippen LogP contribution in [0.3, 0.4) is 0 Å². The normalized spacial score (nSPS) is 11.6. The van der Waals surface area contributed by atoms with E-state index in [0.717, 1.165) is 5.56 Å². The first-order valence-electron chi connectivity index (χ1n) is 8.97. The van der Waals surface area contributed by atoms with Crippen LogP contribution in [0.2, 0.25) is 10.0 Å². The molecular formula is C21H24Cl2N2O3. The summed E-state index contributed by atoms with van der Waals surface area (Å²) in [6, 6.07) is 11.9. The van der Waals surface area contributed by atoms with Gasteiger partial charge in [-0.25, -0.2) is 0 Å². The van der Waals surface area contributed by atoms with Gasteiger partial charge in [0.2, 0.25) is 11.8 Å². The molecule has 0 aromatic heterocycles. The lowest BCUT2D eigenvalue weighted by atomic mass is 10.1. The molecule has 0 spiro atoms. The zero-order valence-corrected chi connectivity index (χ0v) is 17.7. The Hall–Kier alpha value is -2.24. The highest BCUT2D eigenvalue weighted by Crippen LogP contribution is 2.23. The van der Waals surface area contributed by atoms with Gasteiger partial charge in [0.1, 0.15) is 11.8 Å². The molecule has 0 saturated heterocycles. The number of carbonyl (C=O) groups is 2. The summed E-state index contributed by atoms with van der Waals surface area (Å²) >= 11 is 12.2. The van der Waals surface area contributed by atoms with E-state index in [-0.39, 0.29) is 24.8 Å². The summed E-state index contributed by atoms with van der Waals surface area (Å²) < 4.78 is 5.26. The summed E-state index contributed by atoms with van der Waals surface area (Å²) in [5.41, 5.74) is 1.54. The van der Waals surface area contributed by atoms with E-state index in [2.05, 4.69) is 5.32 Å². The monoisotopic (exact) mass is 422 g/mol. The van der Waals surface area contributed by atoms with Crippen molar-refractivity contribution >= 4 is 35.0 Å². The van der Waals surface area contributed by atoms with Crippen molar-refractivity contribution in [2.75, 3.05) is 14.2 Å². The second-order valence-electron chi connectivity index (χ2n) is 6.32. The van der Waals surface area contributed by atoms with Crippen molar-refractivity contribution in [1.29, 1.82) is 0 Å². The number of rotatable bonds is 8. The molecule has 150 valence electrons. The zero-order valence-electron chi connectivity index (χ0n) is 16.2. The van der Waals surface area contributed by atoms with Crippen molar-refractivity contribution in [3.05, 3.63) is 63.6 Å². The molecule has 5 nitrogen and oxygen atoms in total. The van der Waals surface area contributed by atoms with Gasteiger partial charge in [0.15, 0.2) is 0 Å². The topological polar surface area (TPSA) is 58.6 Å². The Labute approximate surface area is 175 Å². The number of benzene rings is 2. The second-order valence-corrected chi connectivity index (χ2v) is 7.17. The lowest BCUT2D eigenvalue weighted by molar-refractivity contribution is -0.140. The van der Waals surface area contributed by atoms with Crippen LogP contribution in [-0.2, 0) is 22.6 Å². The molecule has 0 radical (unpaired) electrons. The van der Waals surface area contributed by atoms with Crippen LogP contribution >= 0.6 is 23.2 Å². The lowest BCUT2D eigenvalue weighted by Crippen LogP contribution is -2.48. The standard InChI is InChI=1S/C21H24Cl2N2O3/c1-4-19(21(27)24-2)25(13-14-6-5-7-17(10-14)28-3)20(26)11-15-8-9-16(22)12-18(15)23/h5-10,12,19H,4,11,13H2,1-3H3,(H,24,27). The van der Waals surface area contributed by atoms with E-state index in [1.54, 1.807) is 37.3 Å². The van der Waals surface area contributed by atoms with Crippen LogP contribution < -0.4 is 10.1 Å². The van der Waals surface area contributed by atoms with Crippen molar-refractivity contribution in [3.8, 4) is 5.75 Å². The molecule has 0 aliphatic heterocycles. The van der Waals surface area contributed by atoms with Crippen molar-refractivity contribution in [1.82, 2.24) is 10.2 Å². The average Bonchev–Trinajstić information content (AvgIpc) is 2.69. The van der Waals surface area contributed by atoms with Crippen LogP contribution in [0.5, 0.6) is 5.75 Å². The minimum atomic E-state index is -0.588. The van der Waals surface area contributed by atoms with Crippen molar-refractivity contribution in [2.24, 2.45) is 0 Å². The van der Waals surface area contributed by atoms with Gasteiger partial charge in [0.05, 0.1) is 13.5 Å². The quantitative estimate of drug-likeness (QED) is 0.696. The third-order valence-corrected chi connectivity index (χ3v) is 5.06. The number of hydrogen-bond donors (Lipinski definition) is 1. The molecule has 0 saturated carbocycles. The summed E-state index contributed by atoms with van der Waals surface area (Å²) in [6.07, 6.45) is 0.567. The largest absolute Gasteiger partial charge is 0.497 e. The van der Waals surface area contributed by atoms with Gasteiger partial charge < -0.3 is 15.0 Å². The average molecular weight is 423 g/mol. The molecule has 0 bridgehead atoms. The number of ether oxygens (including phenoxy) is 1. The number of nitrogens with zero attached hydrogens (tertiary/aromatic N) is 1. The SMILES string of the molecule is CCC(C(=O)NC)N(Cc1cccc(OC)c1)C(=O)Cc1ccc(Cl)cc1Cl. The van der Waals surface area contributed by atoms with E-state index in [1.807, 2.05) is 31.2 Å². The van der Waals surface area contributed by atoms with Gasteiger partial charge in [-0.15, -0.1) is 0 Å².